The van der Waals surface area contributed by atoms with E-state index in [4.69, 9.17) is 0 Å². The Labute approximate surface area is 121 Å². The van der Waals surface area contributed by atoms with Crippen LogP contribution in [0.2, 0.25) is 0 Å². The van der Waals surface area contributed by atoms with Gasteiger partial charge in [-0.05, 0) is 55.1 Å². The Balaban J connectivity index is 1.72. The lowest BCUT2D eigenvalue weighted by Crippen LogP contribution is -2.28. The molecule has 1 aliphatic heterocycles. The van der Waals surface area contributed by atoms with Crippen molar-refractivity contribution in [2.45, 2.75) is 18.8 Å². The Morgan fingerprint density at radius 3 is 2.20 bits per heavy atom. The molecule has 1 fully saturated rings. The van der Waals surface area contributed by atoms with Gasteiger partial charge in [-0.2, -0.15) is 0 Å². The highest BCUT2D eigenvalue weighted by atomic mass is 14.9. The molecule has 2 aromatic rings. The van der Waals surface area contributed by atoms with Crippen LogP contribution in [-0.4, -0.2) is 13.1 Å². The van der Waals surface area contributed by atoms with E-state index in [9.17, 15) is 0 Å². The molecule has 1 aliphatic rings. The van der Waals surface area contributed by atoms with Crippen LogP contribution in [0.5, 0.6) is 0 Å². The van der Waals surface area contributed by atoms with Crippen LogP contribution < -0.4 is 5.32 Å². The van der Waals surface area contributed by atoms with Gasteiger partial charge in [0.15, 0.2) is 0 Å². The van der Waals surface area contributed by atoms with Crippen molar-refractivity contribution in [3.63, 3.8) is 0 Å². The lowest BCUT2D eigenvalue weighted by atomic mass is 9.91. The first-order chi connectivity index (χ1) is 9.92. The molecule has 100 valence electrons. The minimum atomic E-state index is 0.667. The molecule has 0 radical (unpaired) electrons. The normalized spacial score (nSPS) is 18.1. The summed E-state index contributed by atoms with van der Waals surface area (Å²) in [5.74, 6) is 7.09. The Morgan fingerprint density at radius 2 is 1.55 bits per heavy atom. The smallest absolute Gasteiger partial charge is 0.0249 e. The molecule has 1 heterocycles. The van der Waals surface area contributed by atoms with Crippen LogP contribution in [0.25, 0.3) is 0 Å². The number of benzene rings is 2. The van der Waals surface area contributed by atoms with Crippen LogP contribution >= 0.6 is 0 Å². The van der Waals surface area contributed by atoms with Gasteiger partial charge in [0.2, 0.25) is 0 Å². The van der Waals surface area contributed by atoms with Crippen molar-refractivity contribution < 1.29 is 0 Å². The van der Waals surface area contributed by atoms with Gasteiger partial charge in [-0.1, -0.05) is 42.2 Å². The average molecular weight is 261 g/mol. The number of piperidine rings is 1. The Bertz CT molecular complexity index is 596. The van der Waals surface area contributed by atoms with Crippen molar-refractivity contribution in [3.05, 3.63) is 71.3 Å². The maximum absolute atomic E-state index is 3.47. The third-order valence-electron chi connectivity index (χ3n) is 3.80. The highest BCUT2D eigenvalue weighted by Gasteiger charge is 2.14. The molecule has 0 bridgehead atoms. The van der Waals surface area contributed by atoms with Crippen molar-refractivity contribution in [2.24, 2.45) is 0 Å². The van der Waals surface area contributed by atoms with Crippen LogP contribution in [0.15, 0.2) is 54.6 Å². The van der Waals surface area contributed by atoms with Crippen molar-refractivity contribution in [1.29, 1.82) is 0 Å². The second kappa shape index (κ2) is 6.41. The van der Waals surface area contributed by atoms with E-state index in [0.717, 1.165) is 24.2 Å². The second-order valence-corrected chi connectivity index (χ2v) is 5.28. The largest absolute Gasteiger partial charge is 0.316 e. The van der Waals surface area contributed by atoms with Crippen LogP contribution in [0, 0.1) is 11.8 Å². The molecule has 0 amide bonds. The SMILES string of the molecule is C(#Cc1ccc(C2CCCNC2)cc1)c1ccccc1. The molecule has 0 saturated carbocycles. The van der Waals surface area contributed by atoms with Crippen molar-refractivity contribution in [2.75, 3.05) is 13.1 Å². The summed E-state index contributed by atoms with van der Waals surface area (Å²) in [5.41, 5.74) is 3.58. The summed E-state index contributed by atoms with van der Waals surface area (Å²) in [6.07, 6.45) is 2.57. The fourth-order valence-corrected chi connectivity index (χ4v) is 2.64. The van der Waals surface area contributed by atoms with E-state index in [1.807, 2.05) is 30.3 Å². The molecular weight excluding hydrogens is 242 g/mol. The number of rotatable bonds is 1. The van der Waals surface area contributed by atoms with Gasteiger partial charge in [-0.25, -0.2) is 0 Å². The van der Waals surface area contributed by atoms with Gasteiger partial charge in [0.1, 0.15) is 0 Å². The molecule has 1 nitrogen and oxygen atoms in total. The number of hydrogen-bond donors (Lipinski definition) is 1. The molecule has 1 unspecified atom stereocenters. The van der Waals surface area contributed by atoms with E-state index in [1.54, 1.807) is 0 Å². The minimum absolute atomic E-state index is 0.667. The Kier molecular flexibility index (Phi) is 4.16. The molecule has 3 rings (SSSR count). The zero-order valence-electron chi connectivity index (χ0n) is 11.6. The average Bonchev–Trinajstić information content (AvgIpc) is 2.55. The fourth-order valence-electron chi connectivity index (χ4n) is 2.64. The highest BCUT2D eigenvalue weighted by Crippen LogP contribution is 2.23. The van der Waals surface area contributed by atoms with Crippen LogP contribution in [0.3, 0.4) is 0 Å². The van der Waals surface area contributed by atoms with E-state index in [0.29, 0.717) is 5.92 Å². The summed E-state index contributed by atoms with van der Waals surface area (Å²) >= 11 is 0. The van der Waals surface area contributed by atoms with Gasteiger partial charge >= 0.3 is 0 Å². The van der Waals surface area contributed by atoms with E-state index in [-0.39, 0.29) is 0 Å². The summed E-state index contributed by atoms with van der Waals surface area (Å²) in [7, 11) is 0. The molecule has 1 atom stereocenters. The standard InChI is InChI=1S/C19H19N/c1-2-5-16(6-3-1)8-9-17-10-12-18(13-11-17)19-7-4-14-20-15-19/h1-3,5-6,10-13,19-20H,4,7,14-15H2. The second-order valence-electron chi connectivity index (χ2n) is 5.28. The molecule has 1 saturated heterocycles. The van der Waals surface area contributed by atoms with E-state index < -0.39 is 0 Å². The molecule has 20 heavy (non-hydrogen) atoms. The van der Waals surface area contributed by atoms with Gasteiger partial charge in [0.25, 0.3) is 0 Å². The predicted octanol–water partition coefficient (Wildman–Crippen LogP) is 3.55. The first-order valence-electron chi connectivity index (χ1n) is 7.29. The quantitative estimate of drug-likeness (QED) is 0.774. The van der Waals surface area contributed by atoms with Crippen molar-refractivity contribution in [1.82, 2.24) is 5.32 Å². The first kappa shape index (κ1) is 13.0. The summed E-state index contributed by atoms with van der Waals surface area (Å²) in [6.45, 7) is 2.27. The lowest BCUT2D eigenvalue weighted by molar-refractivity contribution is 0.461. The number of nitrogens with one attached hydrogen (secondary N) is 1. The third-order valence-corrected chi connectivity index (χ3v) is 3.80. The monoisotopic (exact) mass is 261 g/mol. The van der Waals surface area contributed by atoms with E-state index >= 15 is 0 Å². The molecular formula is C19H19N. The van der Waals surface area contributed by atoms with E-state index in [1.165, 1.54) is 18.4 Å². The van der Waals surface area contributed by atoms with Crippen LogP contribution in [-0.2, 0) is 0 Å². The van der Waals surface area contributed by atoms with Crippen LogP contribution in [0.4, 0.5) is 0 Å². The molecule has 1 N–H and O–H groups in total. The summed E-state index contributed by atoms with van der Waals surface area (Å²) < 4.78 is 0. The fraction of sp³-hybridized carbons (Fsp3) is 0.263. The molecule has 0 aromatic heterocycles. The van der Waals surface area contributed by atoms with Gasteiger partial charge in [0.05, 0.1) is 0 Å². The van der Waals surface area contributed by atoms with Crippen LogP contribution in [0.1, 0.15) is 35.4 Å². The van der Waals surface area contributed by atoms with E-state index in [2.05, 4.69) is 41.4 Å². The zero-order chi connectivity index (χ0) is 13.6. The highest BCUT2D eigenvalue weighted by molar-refractivity contribution is 5.43. The summed E-state index contributed by atoms with van der Waals surface area (Å²) in [5, 5.41) is 3.47. The predicted molar refractivity (Wildman–Crippen MR) is 83.7 cm³/mol. The van der Waals surface area contributed by atoms with Crippen molar-refractivity contribution >= 4 is 0 Å². The Morgan fingerprint density at radius 1 is 0.850 bits per heavy atom. The third kappa shape index (κ3) is 3.29. The molecule has 2 aromatic carbocycles. The lowest BCUT2D eigenvalue weighted by Gasteiger charge is -2.23. The maximum Gasteiger partial charge on any atom is 0.0249 e. The zero-order valence-corrected chi connectivity index (χ0v) is 11.6. The van der Waals surface area contributed by atoms with Crippen molar-refractivity contribution in [3.8, 4) is 11.8 Å². The topological polar surface area (TPSA) is 12.0 Å². The van der Waals surface area contributed by atoms with Gasteiger partial charge in [-0.15, -0.1) is 0 Å². The minimum Gasteiger partial charge on any atom is -0.316 e. The van der Waals surface area contributed by atoms with Gasteiger partial charge in [-0.3, -0.25) is 0 Å². The Hall–Kier alpha value is -2.04. The van der Waals surface area contributed by atoms with Gasteiger partial charge < -0.3 is 5.32 Å². The maximum atomic E-state index is 3.47. The summed E-state index contributed by atoms with van der Waals surface area (Å²) in [4.78, 5) is 0. The van der Waals surface area contributed by atoms with Gasteiger partial charge in [0, 0.05) is 17.7 Å². The molecule has 1 heteroatoms. The number of hydrogen-bond acceptors (Lipinski definition) is 1. The summed E-state index contributed by atoms with van der Waals surface area (Å²) in [6, 6.07) is 18.9. The molecule has 0 aliphatic carbocycles. The molecule has 0 spiro atoms. The first-order valence-corrected chi connectivity index (χ1v) is 7.29.